The lowest BCUT2D eigenvalue weighted by atomic mass is 9.87. The molecule has 0 aromatic heterocycles. The zero-order valence-electron chi connectivity index (χ0n) is 10.6. The van der Waals surface area contributed by atoms with Gasteiger partial charge in [0.2, 0.25) is 5.91 Å². The standard InChI is InChI=1S/C14H21NO/c1-5-7-13(16)15-12-9-6-8-11(10-12)14(2,3)4/h6,8-10H,5,7H2,1-4H3,(H,15,16). The van der Waals surface area contributed by atoms with E-state index in [2.05, 4.69) is 32.2 Å². The predicted molar refractivity (Wildman–Crippen MR) is 68.7 cm³/mol. The predicted octanol–water partition coefficient (Wildman–Crippen LogP) is 3.72. The first kappa shape index (κ1) is 12.8. The van der Waals surface area contributed by atoms with Crippen molar-refractivity contribution in [1.29, 1.82) is 0 Å². The van der Waals surface area contributed by atoms with Crippen LogP contribution in [0.5, 0.6) is 0 Å². The van der Waals surface area contributed by atoms with Crippen LogP contribution in [0.3, 0.4) is 0 Å². The van der Waals surface area contributed by atoms with Gasteiger partial charge in [-0.15, -0.1) is 0 Å². The lowest BCUT2D eigenvalue weighted by molar-refractivity contribution is -0.116. The summed E-state index contributed by atoms with van der Waals surface area (Å²) in [5.41, 5.74) is 2.25. The van der Waals surface area contributed by atoms with Crippen LogP contribution in [0.1, 0.15) is 46.1 Å². The number of amides is 1. The molecule has 1 amide bonds. The Morgan fingerprint density at radius 2 is 2.00 bits per heavy atom. The molecule has 2 heteroatoms. The van der Waals surface area contributed by atoms with E-state index in [9.17, 15) is 4.79 Å². The molecule has 1 N–H and O–H groups in total. The second kappa shape index (κ2) is 5.15. The topological polar surface area (TPSA) is 29.1 Å². The van der Waals surface area contributed by atoms with Crippen molar-refractivity contribution in [3.63, 3.8) is 0 Å². The molecule has 0 atom stereocenters. The zero-order chi connectivity index (χ0) is 12.2. The molecule has 0 saturated heterocycles. The summed E-state index contributed by atoms with van der Waals surface area (Å²) in [7, 11) is 0. The van der Waals surface area contributed by atoms with E-state index in [0.717, 1.165) is 12.1 Å². The average Bonchev–Trinajstić information content (AvgIpc) is 2.17. The summed E-state index contributed by atoms with van der Waals surface area (Å²) in [5, 5.41) is 2.92. The molecule has 0 saturated carbocycles. The van der Waals surface area contributed by atoms with Gasteiger partial charge in [0, 0.05) is 12.1 Å². The molecule has 0 spiro atoms. The third kappa shape index (κ3) is 3.69. The van der Waals surface area contributed by atoms with E-state index < -0.39 is 0 Å². The third-order valence-corrected chi connectivity index (χ3v) is 2.49. The van der Waals surface area contributed by atoms with E-state index in [1.807, 2.05) is 25.1 Å². The Kier molecular flexibility index (Phi) is 4.11. The normalized spacial score (nSPS) is 11.2. The Labute approximate surface area is 98.1 Å². The molecule has 0 radical (unpaired) electrons. The van der Waals surface area contributed by atoms with Crippen LogP contribution >= 0.6 is 0 Å². The minimum Gasteiger partial charge on any atom is -0.326 e. The Hall–Kier alpha value is -1.31. The van der Waals surface area contributed by atoms with Gasteiger partial charge in [-0.1, -0.05) is 39.8 Å². The molecule has 1 rings (SSSR count). The zero-order valence-corrected chi connectivity index (χ0v) is 10.6. The molecule has 0 bridgehead atoms. The van der Waals surface area contributed by atoms with Crippen molar-refractivity contribution >= 4 is 11.6 Å². The van der Waals surface area contributed by atoms with Crippen LogP contribution in [0.25, 0.3) is 0 Å². The Morgan fingerprint density at radius 3 is 2.56 bits per heavy atom. The van der Waals surface area contributed by atoms with Crippen molar-refractivity contribution in [2.24, 2.45) is 0 Å². The van der Waals surface area contributed by atoms with E-state index in [4.69, 9.17) is 0 Å². The minimum absolute atomic E-state index is 0.0913. The molecule has 2 nitrogen and oxygen atoms in total. The van der Waals surface area contributed by atoms with Gasteiger partial charge in [0.25, 0.3) is 0 Å². The SMILES string of the molecule is CCCC(=O)Nc1cccc(C(C)(C)C)c1. The maximum Gasteiger partial charge on any atom is 0.224 e. The number of hydrogen-bond acceptors (Lipinski definition) is 1. The van der Waals surface area contributed by atoms with Crippen molar-refractivity contribution in [2.45, 2.75) is 46.0 Å². The van der Waals surface area contributed by atoms with E-state index in [1.165, 1.54) is 5.56 Å². The van der Waals surface area contributed by atoms with E-state index >= 15 is 0 Å². The first-order valence-corrected chi connectivity index (χ1v) is 5.84. The summed E-state index contributed by atoms with van der Waals surface area (Å²) in [4.78, 5) is 11.5. The molecule has 0 aliphatic rings. The van der Waals surface area contributed by atoms with Gasteiger partial charge in [0.1, 0.15) is 0 Å². The van der Waals surface area contributed by atoms with Crippen LogP contribution in [0, 0.1) is 0 Å². The van der Waals surface area contributed by atoms with Crippen molar-refractivity contribution < 1.29 is 4.79 Å². The van der Waals surface area contributed by atoms with E-state index in [-0.39, 0.29) is 11.3 Å². The lowest BCUT2D eigenvalue weighted by Gasteiger charge is -2.19. The Morgan fingerprint density at radius 1 is 1.31 bits per heavy atom. The second-order valence-corrected chi connectivity index (χ2v) is 5.13. The van der Waals surface area contributed by atoms with Gasteiger partial charge in [0.15, 0.2) is 0 Å². The maximum atomic E-state index is 11.5. The number of carbonyl (C=O) groups excluding carboxylic acids is 1. The molecule has 88 valence electrons. The number of carbonyl (C=O) groups is 1. The average molecular weight is 219 g/mol. The fourth-order valence-electron chi connectivity index (χ4n) is 1.51. The van der Waals surface area contributed by atoms with Gasteiger partial charge in [0.05, 0.1) is 0 Å². The highest BCUT2D eigenvalue weighted by Gasteiger charge is 2.13. The van der Waals surface area contributed by atoms with Crippen LogP contribution in [-0.4, -0.2) is 5.91 Å². The Balaban J connectivity index is 2.79. The number of benzene rings is 1. The van der Waals surface area contributed by atoms with Crippen molar-refractivity contribution in [3.8, 4) is 0 Å². The number of hydrogen-bond donors (Lipinski definition) is 1. The van der Waals surface area contributed by atoms with E-state index in [1.54, 1.807) is 0 Å². The molecular weight excluding hydrogens is 198 g/mol. The summed E-state index contributed by atoms with van der Waals surface area (Å²) in [6.45, 7) is 8.51. The molecule has 16 heavy (non-hydrogen) atoms. The highest BCUT2D eigenvalue weighted by molar-refractivity contribution is 5.90. The summed E-state index contributed by atoms with van der Waals surface area (Å²) in [5.74, 6) is 0.0913. The van der Waals surface area contributed by atoms with Gasteiger partial charge < -0.3 is 5.32 Å². The monoisotopic (exact) mass is 219 g/mol. The highest BCUT2D eigenvalue weighted by atomic mass is 16.1. The quantitative estimate of drug-likeness (QED) is 0.824. The minimum atomic E-state index is 0.0913. The largest absolute Gasteiger partial charge is 0.326 e. The van der Waals surface area contributed by atoms with Crippen LogP contribution in [0.4, 0.5) is 5.69 Å². The molecule has 0 heterocycles. The molecule has 0 unspecified atom stereocenters. The molecule has 1 aromatic rings. The fraction of sp³-hybridized carbons (Fsp3) is 0.500. The van der Waals surface area contributed by atoms with Crippen molar-refractivity contribution in [3.05, 3.63) is 29.8 Å². The summed E-state index contributed by atoms with van der Waals surface area (Å²) in [6, 6.07) is 8.06. The highest BCUT2D eigenvalue weighted by Crippen LogP contribution is 2.24. The molecule has 0 aliphatic carbocycles. The third-order valence-electron chi connectivity index (χ3n) is 2.49. The fourth-order valence-corrected chi connectivity index (χ4v) is 1.51. The van der Waals surface area contributed by atoms with Gasteiger partial charge in [-0.05, 0) is 29.5 Å². The summed E-state index contributed by atoms with van der Waals surface area (Å²) < 4.78 is 0. The molecule has 0 aliphatic heterocycles. The number of nitrogens with one attached hydrogen (secondary N) is 1. The Bertz CT molecular complexity index is 363. The van der Waals surface area contributed by atoms with Crippen LogP contribution in [0.15, 0.2) is 24.3 Å². The van der Waals surface area contributed by atoms with Gasteiger partial charge in [-0.25, -0.2) is 0 Å². The van der Waals surface area contributed by atoms with Gasteiger partial charge in [-0.2, -0.15) is 0 Å². The number of rotatable bonds is 3. The summed E-state index contributed by atoms with van der Waals surface area (Å²) in [6.07, 6.45) is 1.46. The second-order valence-electron chi connectivity index (χ2n) is 5.13. The van der Waals surface area contributed by atoms with Crippen LogP contribution < -0.4 is 5.32 Å². The molecule has 0 fully saturated rings. The first-order valence-electron chi connectivity index (χ1n) is 5.84. The van der Waals surface area contributed by atoms with Gasteiger partial charge in [-0.3, -0.25) is 4.79 Å². The molecule has 1 aromatic carbocycles. The smallest absolute Gasteiger partial charge is 0.224 e. The number of anilines is 1. The summed E-state index contributed by atoms with van der Waals surface area (Å²) >= 11 is 0. The van der Waals surface area contributed by atoms with Crippen LogP contribution in [0.2, 0.25) is 0 Å². The van der Waals surface area contributed by atoms with Crippen molar-refractivity contribution in [2.75, 3.05) is 5.32 Å². The van der Waals surface area contributed by atoms with Gasteiger partial charge >= 0.3 is 0 Å². The van der Waals surface area contributed by atoms with E-state index in [0.29, 0.717) is 6.42 Å². The molecular formula is C14H21NO. The van der Waals surface area contributed by atoms with Crippen molar-refractivity contribution in [1.82, 2.24) is 0 Å². The van der Waals surface area contributed by atoms with Crippen LogP contribution in [-0.2, 0) is 10.2 Å². The maximum absolute atomic E-state index is 11.5. The first-order chi connectivity index (χ1) is 7.43. The lowest BCUT2D eigenvalue weighted by Crippen LogP contribution is -2.14.